The van der Waals surface area contributed by atoms with Crippen molar-refractivity contribution in [1.29, 1.82) is 0 Å². The molecule has 1 saturated heterocycles. The van der Waals surface area contributed by atoms with E-state index in [2.05, 4.69) is 5.32 Å². The van der Waals surface area contributed by atoms with Gasteiger partial charge in [-0.1, -0.05) is 0 Å². The largest absolute Gasteiger partial charge is 0.325 e. The second-order valence-electron chi connectivity index (χ2n) is 4.51. The van der Waals surface area contributed by atoms with Crippen molar-refractivity contribution in [2.45, 2.75) is 11.7 Å². The SMILES string of the molecule is O=C(CS[C@H]1CCS(=O)(=O)C1)Nc1ccc(F)c(F)c1. The van der Waals surface area contributed by atoms with Crippen molar-refractivity contribution in [1.82, 2.24) is 0 Å². The number of rotatable bonds is 4. The number of carbonyl (C=O) groups is 1. The predicted molar refractivity (Wildman–Crippen MR) is 74.5 cm³/mol. The predicted octanol–water partition coefficient (Wildman–Crippen LogP) is 1.82. The summed E-state index contributed by atoms with van der Waals surface area (Å²) in [6, 6.07) is 3.10. The standard InChI is InChI=1S/C12H13F2NO3S2/c13-10-2-1-8(5-11(10)14)15-12(16)6-19-9-3-4-20(17,18)7-9/h1-2,5,9H,3-4,6-7H2,(H,15,16)/t9-/m0/s1. The lowest BCUT2D eigenvalue weighted by Crippen LogP contribution is -2.17. The van der Waals surface area contributed by atoms with Gasteiger partial charge in [0.25, 0.3) is 0 Å². The first-order chi connectivity index (χ1) is 9.35. The highest BCUT2D eigenvalue weighted by atomic mass is 32.2. The van der Waals surface area contributed by atoms with Gasteiger partial charge in [0.05, 0.1) is 17.3 Å². The van der Waals surface area contributed by atoms with Crippen LogP contribution in [-0.2, 0) is 14.6 Å². The molecule has 4 nitrogen and oxygen atoms in total. The summed E-state index contributed by atoms with van der Waals surface area (Å²) in [6.07, 6.45) is 0.547. The first-order valence-electron chi connectivity index (χ1n) is 5.93. The third-order valence-corrected chi connectivity index (χ3v) is 6.13. The fourth-order valence-corrected chi connectivity index (χ4v) is 5.30. The van der Waals surface area contributed by atoms with E-state index < -0.39 is 21.5 Å². The molecular weight excluding hydrogens is 308 g/mol. The lowest BCUT2D eigenvalue weighted by atomic mass is 10.3. The summed E-state index contributed by atoms with van der Waals surface area (Å²) in [5.74, 6) is -2.04. The van der Waals surface area contributed by atoms with E-state index in [1.807, 2.05) is 0 Å². The van der Waals surface area contributed by atoms with Gasteiger partial charge in [0.15, 0.2) is 21.5 Å². The molecular formula is C12H13F2NO3S2. The van der Waals surface area contributed by atoms with Crippen molar-refractivity contribution in [3.05, 3.63) is 29.8 Å². The van der Waals surface area contributed by atoms with Gasteiger partial charge in [-0.3, -0.25) is 4.79 Å². The second-order valence-corrected chi connectivity index (χ2v) is 8.03. The van der Waals surface area contributed by atoms with Crippen LogP contribution in [0.5, 0.6) is 0 Å². The number of sulfone groups is 1. The van der Waals surface area contributed by atoms with Crippen LogP contribution in [0.4, 0.5) is 14.5 Å². The third-order valence-electron chi connectivity index (χ3n) is 2.84. The number of nitrogens with one attached hydrogen (secondary N) is 1. The third kappa shape index (κ3) is 4.17. The van der Waals surface area contributed by atoms with E-state index in [1.165, 1.54) is 17.8 Å². The van der Waals surface area contributed by atoms with Crippen molar-refractivity contribution < 1.29 is 22.0 Å². The molecule has 1 heterocycles. The molecule has 1 amide bonds. The van der Waals surface area contributed by atoms with Crippen LogP contribution in [0.2, 0.25) is 0 Å². The summed E-state index contributed by atoms with van der Waals surface area (Å²) < 4.78 is 48.2. The Kier molecular flexibility index (Phi) is 4.64. The van der Waals surface area contributed by atoms with Crippen molar-refractivity contribution >= 4 is 33.2 Å². The van der Waals surface area contributed by atoms with Gasteiger partial charge < -0.3 is 5.32 Å². The molecule has 1 atom stereocenters. The molecule has 8 heteroatoms. The van der Waals surface area contributed by atoms with Crippen LogP contribution in [0.25, 0.3) is 0 Å². The Hall–Kier alpha value is -1.15. The van der Waals surface area contributed by atoms with Crippen LogP contribution in [0.15, 0.2) is 18.2 Å². The summed E-state index contributed by atoms with van der Waals surface area (Å²) >= 11 is 1.26. The van der Waals surface area contributed by atoms with E-state index >= 15 is 0 Å². The second kappa shape index (κ2) is 6.09. The van der Waals surface area contributed by atoms with Crippen molar-refractivity contribution in [3.8, 4) is 0 Å². The summed E-state index contributed by atoms with van der Waals surface area (Å²) in [5, 5.41) is 2.37. The quantitative estimate of drug-likeness (QED) is 0.919. The lowest BCUT2D eigenvalue weighted by Gasteiger charge is -2.08. The maximum Gasteiger partial charge on any atom is 0.234 e. The van der Waals surface area contributed by atoms with Gasteiger partial charge in [-0.05, 0) is 18.6 Å². The molecule has 1 aliphatic rings. The zero-order chi connectivity index (χ0) is 14.8. The number of thioether (sulfide) groups is 1. The van der Waals surface area contributed by atoms with E-state index in [9.17, 15) is 22.0 Å². The minimum absolute atomic E-state index is 0.0734. The number of anilines is 1. The number of hydrogen-bond acceptors (Lipinski definition) is 4. The zero-order valence-electron chi connectivity index (χ0n) is 10.4. The van der Waals surface area contributed by atoms with E-state index in [-0.39, 0.29) is 34.1 Å². The normalized spacial score (nSPS) is 20.8. The molecule has 110 valence electrons. The minimum atomic E-state index is -2.96. The van der Waals surface area contributed by atoms with Gasteiger partial charge in [0, 0.05) is 17.0 Å². The van der Waals surface area contributed by atoms with Gasteiger partial charge in [-0.25, -0.2) is 17.2 Å². The fourth-order valence-electron chi connectivity index (χ4n) is 1.86. The first kappa shape index (κ1) is 15.2. The van der Waals surface area contributed by atoms with Crippen LogP contribution in [0, 0.1) is 11.6 Å². The first-order valence-corrected chi connectivity index (χ1v) is 8.80. The van der Waals surface area contributed by atoms with Gasteiger partial charge in [0.1, 0.15) is 0 Å². The highest BCUT2D eigenvalue weighted by molar-refractivity contribution is 8.02. The highest BCUT2D eigenvalue weighted by Gasteiger charge is 2.28. The molecule has 0 spiro atoms. The van der Waals surface area contributed by atoms with E-state index in [4.69, 9.17) is 0 Å². The number of halogens is 2. The van der Waals surface area contributed by atoms with Gasteiger partial charge in [0.2, 0.25) is 5.91 Å². The van der Waals surface area contributed by atoms with E-state index in [0.29, 0.717) is 6.42 Å². The van der Waals surface area contributed by atoms with Crippen molar-refractivity contribution in [2.24, 2.45) is 0 Å². The summed E-state index contributed by atoms with van der Waals surface area (Å²) in [5.41, 5.74) is 0.175. The maximum absolute atomic E-state index is 12.9. The molecule has 1 aromatic carbocycles. The Morgan fingerprint density at radius 2 is 2.10 bits per heavy atom. The molecule has 1 fully saturated rings. The van der Waals surface area contributed by atoms with Crippen LogP contribution in [-0.4, -0.2) is 36.8 Å². The lowest BCUT2D eigenvalue weighted by molar-refractivity contribution is -0.113. The van der Waals surface area contributed by atoms with Crippen LogP contribution in [0.1, 0.15) is 6.42 Å². The van der Waals surface area contributed by atoms with E-state index in [1.54, 1.807) is 0 Å². The monoisotopic (exact) mass is 321 g/mol. The Labute approximate surface area is 119 Å². The molecule has 0 bridgehead atoms. The topological polar surface area (TPSA) is 63.2 Å². The van der Waals surface area contributed by atoms with Crippen molar-refractivity contribution in [2.75, 3.05) is 22.6 Å². The summed E-state index contributed by atoms with van der Waals surface area (Å²) in [7, 11) is -2.96. The fraction of sp³-hybridized carbons (Fsp3) is 0.417. The number of hydrogen-bond donors (Lipinski definition) is 1. The zero-order valence-corrected chi connectivity index (χ0v) is 12.1. The average molecular weight is 321 g/mol. The molecule has 20 heavy (non-hydrogen) atoms. The Morgan fingerprint density at radius 1 is 1.35 bits per heavy atom. The smallest absolute Gasteiger partial charge is 0.234 e. The molecule has 0 unspecified atom stereocenters. The van der Waals surface area contributed by atoms with Gasteiger partial charge in [-0.15, -0.1) is 11.8 Å². The maximum atomic E-state index is 12.9. The molecule has 1 N–H and O–H groups in total. The van der Waals surface area contributed by atoms with Crippen molar-refractivity contribution in [3.63, 3.8) is 0 Å². The molecule has 1 aromatic rings. The molecule has 2 rings (SSSR count). The Morgan fingerprint density at radius 3 is 2.70 bits per heavy atom. The van der Waals surface area contributed by atoms with E-state index in [0.717, 1.165) is 12.1 Å². The number of carbonyl (C=O) groups excluding carboxylic acids is 1. The van der Waals surface area contributed by atoms with Crippen LogP contribution in [0.3, 0.4) is 0 Å². The minimum Gasteiger partial charge on any atom is -0.325 e. The molecule has 1 aliphatic heterocycles. The van der Waals surface area contributed by atoms with Crippen LogP contribution >= 0.6 is 11.8 Å². The highest BCUT2D eigenvalue weighted by Crippen LogP contribution is 2.24. The van der Waals surface area contributed by atoms with Crippen LogP contribution < -0.4 is 5.32 Å². The van der Waals surface area contributed by atoms with Gasteiger partial charge in [-0.2, -0.15) is 0 Å². The molecule has 0 radical (unpaired) electrons. The Bertz CT molecular complexity index is 619. The number of amides is 1. The summed E-state index contributed by atoms with van der Waals surface area (Å²) in [4.78, 5) is 11.6. The Balaban J connectivity index is 1.82. The molecule has 0 aromatic heterocycles. The van der Waals surface area contributed by atoms with Gasteiger partial charge >= 0.3 is 0 Å². The molecule has 0 saturated carbocycles. The number of benzene rings is 1. The summed E-state index contributed by atoms with van der Waals surface area (Å²) in [6.45, 7) is 0. The molecule has 0 aliphatic carbocycles. The average Bonchev–Trinajstić information content (AvgIpc) is 2.71.